The lowest BCUT2D eigenvalue weighted by Crippen LogP contribution is -2.20. The number of carboxylic acid groups (broad SMARTS) is 2. The van der Waals surface area contributed by atoms with Gasteiger partial charge in [0.1, 0.15) is 0 Å². The van der Waals surface area contributed by atoms with Gasteiger partial charge in [-0.1, -0.05) is 30.0 Å². The molecule has 8 heteroatoms. The van der Waals surface area contributed by atoms with E-state index >= 15 is 0 Å². The molecule has 1 aliphatic rings. The molecule has 1 heterocycles. The Labute approximate surface area is 186 Å². The van der Waals surface area contributed by atoms with Gasteiger partial charge in [0, 0.05) is 30.1 Å². The number of nitrogens with zero attached hydrogens (tertiary/aromatic N) is 1. The maximum Gasteiger partial charge on any atom is 0.328 e. The zero-order valence-corrected chi connectivity index (χ0v) is 18.6. The summed E-state index contributed by atoms with van der Waals surface area (Å²) in [5.41, 5.74) is 2.78. The maximum atomic E-state index is 9.55. The standard InChI is InChI=1S/C19H23NO2S.C4H4O4/c1-20-11-9-14-13-17(21-2)18(22-3)19(16(14)10-12-20)23-15-7-5-4-6-8-15;5-3(6)1-2-4(7)8/h4-8,13H,9-12H2,1-3H3;1-2H,(H,5,6)(H,7,8). The molecule has 0 amide bonds. The van der Waals surface area contributed by atoms with E-state index in [0.717, 1.165) is 37.4 Å². The Balaban J connectivity index is 0.000000366. The molecule has 166 valence electrons. The van der Waals surface area contributed by atoms with Gasteiger partial charge in [-0.3, -0.25) is 0 Å². The summed E-state index contributed by atoms with van der Waals surface area (Å²) in [6.45, 7) is 2.16. The van der Waals surface area contributed by atoms with Gasteiger partial charge in [0.05, 0.1) is 19.1 Å². The second-order valence-corrected chi connectivity index (χ2v) is 7.89. The summed E-state index contributed by atoms with van der Waals surface area (Å²) in [5, 5.41) is 15.6. The summed E-state index contributed by atoms with van der Waals surface area (Å²) in [7, 11) is 5.62. The zero-order chi connectivity index (χ0) is 22.8. The number of rotatable bonds is 6. The van der Waals surface area contributed by atoms with Crippen LogP contribution in [0, 0.1) is 0 Å². The Morgan fingerprint density at radius 3 is 2.16 bits per heavy atom. The third kappa shape index (κ3) is 7.34. The van der Waals surface area contributed by atoms with Crippen LogP contribution in [0.15, 0.2) is 58.3 Å². The Bertz CT molecular complexity index is 913. The SMILES string of the molecule is COc1cc2c(c(Sc3ccccc3)c1OC)CCN(C)CC2.O=C(O)C=CC(=O)O. The van der Waals surface area contributed by atoms with Crippen LogP contribution in [0.2, 0.25) is 0 Å². The number of aliphatic carboxylic acids is 2. The van der Waals surface area contributed by atoms with Gasteiger partial charge in [0.15, 0.2) is 11.5 Å². The number of hydrogen-bond donors (Lipinski definition) is 2. The van der Waals surface area contributed by atoms with Gasteiger partial charge < -0.3 is 24.6 Å². The second-order valence-electron chi connectivity index (χ2n) is 6.81. The minimum Gasteiger partial charge on any atom is -0.493 e. The molecule has 0 saturated carbocycles. The monoisotopic (exact) mass is 445 g/mol. The van der Waals surface area contributed by atoms with E-state index in [9.17, 15) is 9.59 Å². The van der Waals surface area contributed by atoms with Crippen LogP contribution in [0.1, 0.15) is 11.1 Å². The van der Waals surface area contributed by atoms with Crippen LogP contribution in [-0.4, -0.2) is 61.4 Å². The summed E-state index contributed by atoms with van der Waals surface area (Å²) in [4.78, 5) is 23.9. The average Bonchev–Trinajstić information content (AvgIpc) is 2.94. The van der Waals surface area contributed by atoms with Gasteiger partial charge in [0.2, 0.25) is 0 Å². The molecule has 1 aliphatic heterocycles. The van der Waals surface area contributed by atoms with Crippen molar-refractivity contribution in [1.29, 1.82) is 0 Å². The topological polar surface area (TPSA) is 96.3 Å². The third-order valence-electron chi connectivity index (χ3n) is 4.66. The summed E-state index contributed by atoms with van der Waals surface area (Å²) in [6.07, 6.45) is 3.21. The Kier molecular flexibility index (Phi) is 9.42. The Morgan fingerprint density at radius 2 is 1.61 bits per heavy atom. The number of fused-ring (bicyclic) bond motifs is 1. The van der Waals surface area contributed by atoms with Crippen molar-refractivity contribution in [2.45, 2.75) is 22.6 Å². The van der Waals surface area contributed by atoms with Crippen molar-refractivity contribution in [1.82, 2.24) is 4.90 Å². The normalized spacial score (nSPS) is 13.5. The van der Waals surface area contributed by atoms with Gasteiger partial charge in [-0.2, -0.15) is 0 Å². The van der Waals surface area contributed by atoms with Crippen molar-refractivity contribution >= 4 is 23.7 Å². The highest BCUT2D eigenvalue weighted by molar-refractivity contribution is 7.99. The van der Waals surface area contributed by atoms with E-state index in [1.54, 1.807) is 26.0 Å². The number of likely N-dealkylation sites (N-methyl/N-ethyl adjacent to an activating group) is 1. The van der Waals surface area contributed by atoms with E-state index in [1.807, 2.05) is 6.07 Å². The summed E-state index contributed by atoms with van der Waals surface area (Å²) in [5.74, 6) is -0.835. The zero-order valence-electron chi connectivity index (χ0n) is 17.8. The first kappa shape index (κ1) is 24.3. The van der Waals surface area contributed by atoms with Crippen LogP contribution < -0.4 is 9.47 Å². The van der Waals surface area contributed by atoms with Crippen molar-refractivity contribution in [2.75, 3.05) is 34.4 Å². The minimum absolute atomic E-state index is 0.558. The predicted octanol–water partition coefficient (Wildman–Crippen LogP) is 3.60. The van der Waals surface area contributed by atoms with Crippen molar-refractivity contribution in [3.05, 3.63) is 59.7 Å². The summed E-state index contributed by atoms with van der Waals surface area (Å²) in [6, 6.07) is 12.6. The second kappa shape index (κ2) is 12.0. The number of ether oxygens (including phenoxy) is 2. The molecule has 0 atom stereocenters. The number of methoxy groups -OCH3 is 2. The van der Waals surface area contributed by atoms with E-state index in [-0.39, 0.29) is 0 Å². The molecule has 0 aromatic heterocycles. The smallest absolute Gasteiger partial charge is 0.328 e. The van der Waals surface area contributed by atoms with Gasteiger partial charge in [-0.15, -0.1) is 0 Å². The van der Waals surface area contributed by atoms with Crippen LogP contribution in [0.5, 0.6) is 11.5 Å². The van der Waals surface area contributed by atoms with Crippen molar-refractivity contribution in [3.63, 3.8) is 0 Å². The fraction of sp³-hybridized carbons (Fsp3) is 0.304. The van der Waals surface area contributed by atoms with E-state index in [0.29, 0.717) is 12.2 Å². The van der Waals surface area contributed by atoms with Crippen molar-refractivity contribution < 1.29 is 29.3 Å². The number of benzene rings is 2. The largest absolute Gasteiger partial charge is 0.493 e. The van der Waals surface area contributed by atoms with Crippen LogP contribution in [0.4, 0.5) is 0 Å². The molecule has 0 fully saturated rings. The first-order valence-electron chi connectivity index (χ1n) is 9.67. The van der Waals surface area contributed by atoms with Crippen molar-refractivity contribution in [3.8, 4) is 11.5 Å². The summed E-state index contributed by atoms with van der Waals surface area (Å²) >= 11 is 1.77. The van der Waals surface area contributed by atoms with E-state index in [1.165, 1.54) is 20.9 Å². The molecule has 2 aromatic carbocycles. The highest BCUT2D eigenvalue weighted by Crippen LogP contribution is 2.45. The van der Waals surface area contributed by atoms with Gasteiger partial charge >= 0.3 is 11.9 Å². The highest BCUT2D eigenvalue weighted by Gasteiger charge is 2.22. The van der Waals surface area contributed by atoms with E-state index in [2.05, 4.69) is 42.3 Å². The first-order valence-corrected chi connectivity index (χ1v) is 10.5. The first-order chi connectivity index (χ1) is 14.8. The predicted molar refractivity (Wildman–Crippen MR) is 119 cm³/mol. The molecule has 3 rings (SSSR count). The quantitative estimate of drug-likeness (QED) is 0.651. The maximum absolute atomic E-state index is 9.55. The molecule has 7 nitrogen and oxygen atoms in total. The van der Waals surface area contributed by atoms with E-state index < -0.39 is 11.9 Å². The fourth-order valence-electron chi connectivity index (χ4n) is 3.13. The van der Waals surface area contributed by atoms with Crippen LogP contribution in [0.25, 0.3) is 0 Å². The summed E-state index contributed by atoms with van der Waals surface area (Å²) < 4.78 is 11.3. The Hall–Kier alpha value is -2.97. The number of hydrogen-bond acceptors (Lipinski definition) is 6. The molecule has 31 heavy (non-hydrogen) atoms. The lowest BCUT2D eigenvalue weighted by molar-refractivity contribution is -0.134. The highest BCUT2D eigenvalue weighted by atomic mass is 32.2. The average molecular weight is 446 g/mol. The van der Waals surface area contributed by atoms with Gasteiger partial charge in [0.25, 0.3) is 0 Å². The van der Waals surface area contributed by atoms with Crippen LogP contribution in [-0.2, 0) is 22.4 Å². The Morgan fingerprint density at radius 1 is 1.00 bits per heavy atom. The lowest BCUT2D eigenvalue weighted by atomic mass is 10.0. The molecule has 0 radical (unpaired) electrons. The van der Waals surface area contributed by atoms with Gasteiger partial charge in [-0.25, -0.2) is 9.59 Å². The van der Waals surface area contributed by atoms with Crippen LogP contribution >= 0.6 is 11.8 Å². The molecule has 0 unspecified atom stereocenters. The number of carboxylic acids is 2. The molecule has 0 saturated heterocycles. The minimum atomic E-state index is -1.26. The third-order valence-corrected chi connectivity index (χ3v) is 5.80. The molecule has 2 aromatic rings. The molecule has 2 N–H and O–H groups in total. The molecule has 0 bridgehead atoms. The van der Waals surface area contributed by atoms with Crippen molar-refractivity contribution in [2.24, 2.45) is 0 Å². The number of carbonyl (C=O) groups is 2. The van der Waals surface area contributed by atoms with Crippen LogP contribution in [0.3, 0.4) is 0 Å². The molecular formula is C23H27NO6S. The fourth-order valence-corrected chi connectivity index (χ4v) is 4.29. The van der Waals surface area contributed by atoms with E-state index in [4.69, 9.17) is 19.7 Å². The molecule has 0 aliphatic carbocycles. The molecular weight excluding hydrogens is 418 g/mol. The van der Waals surface area contributed by atoms with Gasteiger partial charge in [-0.05, 0) is 49.2 Å². The molecule has 0 spiro atoms. The lowest BCUT2D eigenvalue weighted by Gasteiger charge is -2.19.